The molecule has 1 rings (SSSR count). The summed E-state index contributed by atoms with van der Waals surface area (Å²) in [6.45, 7) is 9.39. The molecule has 27 heavy (non-hydrogen) atoms. The van der Waals surface area contributed by atoms with Crippen molar-refractivity contribution in [2.75, 3.05) is 19.8 Å². The van der Waals surface area contributed by atoms with E-state index in [9.17, 15) is 9.18 Å². The zero-order valence-electron chi connectivity index (χ0n) is 16.0. The van der Waals surface area contributed by atoms with Gasteiger partial charge in [-0.25, -0.2) is 4.39 Å². The molecule has 0 saturated heterocycles. The van der Waals surface area contributed by atoms with Gasteiger partial charge >= 0.3 is 0 Å². The van der Waals surface area contributed by atoms with E-state index in [0.29, 0.717) is 18.7 Å². The number of hydrogen-bond acceptors (Lipinski definition) is 6. The number of nitrogens with one attached hydrogen (secondary N) is 1. The Bertz CT molecular complexity index is 621. The molecule has 0 aromatic carbocycles. The molecule has 150 valence electrons. The lowest BCUT2D eigenvalue weighted by Crippen LogP contribution is -2.31. The number of carbonyl (C=O) groups is 1. The first-order valence-electron chi connectivity index (χ1n) is 8.70. The van der Waals surface area contributed by atoms with E-state index in [0.717, 1.165) is 6.07 Å². The van der Waals surface area contributed by atoms with Gasteiger partial charge in [-0.15, -0.1) is 5.10 Å². The summed E-state index contributed by atoms with van der Waals surface area (Å²) >= 11 is 0. The predicted molar refractivity (Wildman–Crippen MR) is 102 cm³/mol. The van der Waals surface area contributed by atoms with Crippen molar-refractivity contribution in [1.82, 2.24) is 15.5 Å². The highest BCUT2D eigenvalue weighted by molar-refractivity contribution is 5.77. The molecule has 0 fully saturated rings. The van der Waals surface area contributed by atoms with Crippen molar-refractivity contribution < 1.29 is 23.8 Å². The van der Waals surface area contributed by atoms with Gasteiger partial charge in [-0.2, -0.15) is 5.10 Å². The first kappa shape index (κ1) is 24.3. The lowest BCUT2D eigenvalue weighted by molar-refractivity contribution is -0.124. The molecule has 8 heteroatoms. The van der Waals surface area contributed by atoms with Gasteiger partial charge < -0.3 is 19.9 Å². The standard InChI is InChI=1S/C17H22FN3O4.C2H6/c1-3-14(6-4-5-11-22)24-12-16(23)19-9-7-13(2)25-17-15(18)8-10-20-21-17;1-2/h3-6,8,10,13,22H,1,7,9,11-12H2,2H3,(H,19,23);1-2H3/b5-4+,14-6+;. The third-order valence-corrected chi connectivity index (χ3v) is 2.90. The Labute approximate surface area is 159 Å². The van der Waals surface area contributed by atoms with Crippen LogP contribution in [-0.4, -0.2) is 47.1 Å². The summed E-state index contributed by atoms with van der Waals surface area (Å²) < 4.78 is 24.0. The van der Waals surface area contributed by atoms with Crippen LogP contribution < -0.4 is 10.1 Å². The number of rotatable bonds is 11. The number of allylic oxidation sites excluding steroid dienone is 3. The molecule has 0 saturated carbocycles. The van der Waals surface area contributed by atoms with Gasteiger partial charge in [0.05, 0.1) is 18.9 Å². The molecule has 1 atom stereocenters. The molecule has 0 radical (unpaired) electrons. The second kappa shape index (κ2) is 15.5. The first-order chi connectivity index (χ1) is 13.1. The smallest absolute Gasteiger partial charge is 0.270 e. The van der Waals surface area contributed by atoms with E-state index in [1.54, 1.807) is 19.1 Å². The maximum absolute atomic E-state index is 13.4. The number of ether oxygens (including phenoxy) is 2. The largest absolute Gasteiger partial charge is 0.484 e. The summed E-state index contributed by atoms with van der Waals surface area (Å²) in [4.78, 5) is 11.7. The van der Waals surface area contributed by atoms with Crippen LogP contribution in [0.1, 0.15) is 27.2 Å². The Morgan fingerprint density at radius 3 is 2.85 bits per heavy atom. The van der Waals surface area contributed by atoms with Crippen LogP contribution in [-0.2, 0) is 9.53 Å². The fourth-order valence-electron chi connectivity index (χ4n) is 1.65. The van der Waals surface area contributed by atoms with Crippen LogP contribution in [0.2, 0.25) is 0 Å². The summed E-state index contributed by atoms with van der Waals surface area (Å²) in [5.41, 5.74) is 0. The molecule has 7 nitrogen and oxygen atoms in total. The van der Waals surface area contributed by atoms with E-state index in [-0.39, 0.29) is 31.1 Å². The summed E-state index contributed by atoms with van der Waals surface area (Å²) in [6.07, 6.45) is 7.51. The number of aromatic nitrogens is 2. The fourth-order valence-corrected chi connectivity index (χ4v) is 1.65. The first-order valence-corrected chi connectivity index (χ1v) is 8.70. The molecule has 0 bridgehead atoms. The van der Waals surface area contributed by atoms with Crippen molar-refractivity contribution in [2.45, 2.75) is 33.3 Å². The minimum Gasteiger partial charge on any atom is -0.484 e. The highest BCUT2D eigenvalue weighted by Crippen LogP contribution is 2.12. The normalized spacial score (nSPS) is 12.0. The van der Waals surface area contributed by atoms with Crippen molar-refractivity contribution in [1.29, 1.82) is 0 Å². The number of amides is 1. The SMILES string of the molecule is C=C/C(=C\C=C\CO)OCC(=O)NCCC(C)Oc1nnccc1F.CC. The molecule has 1 aromatic heterocycles. The number of halogens is 1. The second-order valence-electron chi connectivity index (χ2n) is 4.92. The molecular weight excluding hydrogens is 353 g/mol. The van der Waals surface area contributed by atoms with Crippen LogP contribution >= 0.6 is 0 Å². The Morgan fingerprint density at radius 1 is 1.48 bits per heavy atom. The number of aliphatic hydroxyl groups is 1. The van der Waals surface area contributed by atoms with E-state index >= 15 is 0 Å². The van der Waals surface area contributed by atoms with Crippen LogP contribution in [0.4, 0.5) is 4.39 Å². The third-order valence-electron chi connectivity index (χ3n) is 2.90. The lowest BCUT2D eigenvalue weighted by Gasteiger charge is -2.14. The van der Waals surface area contributed by atoms with E-state index in [1.165, 1.54) is 18.3 Å². The molecule has 0 aliphatic carbocycles. The summed E-state index contributed by atoms with van der Waals surface area (Å²) in [5, 5.41) is 18.4. The van der Waals surface area contributed by atoms with Crippen LogP contribution in [0.3, 0.4) is 0 Å². The Morgan fingerprint density at radius 2 is 2.22 bits per heavy atom. The molecule has 1 unspecified atom stereocenters. The number of carbonyl (C=O) groups excluding carboxylic acids is 1. The van der Waals surface area contributed by atoms with E-state index < -0.39 is 5.82 Å². The highest BCUT2D eigenvalue weighted by Gasteiger charge is 2.10. The van der Waals surface area contributed by atoms with Gasteiger partial charge in [-0.1, -0.05) is 32.6 Å². The molecule has 0 aliphatic heterocycles. The van der Waals surface area contributed by atoms with Crippen LogP contribution in [0.5, 0.6) is 5.88 Å². The zero-order chi connectivity index (χ0) is 20.5. The molecular formula is C19H28FN3O4. The van der Waals surface area contributed by atoms with Crippen LogP contribution in [0.25, 0.3) is 0 Å². The average molecular weight is 381 g/mol. The summed E-state index contributed by atoms with van der Waals surface area (Å²) in [5.74, 6) is -0.647. The van der Waals surface area contributed by atoms with Crippen LogP contribution in [0.15, 0.2) is 48.9 Å². The summed E-state index contributed by atoms with van der Waals surface area (Å²) in [7, 11) is 0. The number of nitrogens with zero attached hydrogens (tertiary/aromatic N) is 2. The van der Waals surface area contributed by atoms with Gasteiger partial charge in [-0.05, 0) is 25.1 Å². The second-order valence-corrected chi connectivity index (χ2v) is 4.92. The average Bonchev–Trinajstić information content (AvgIpc) is 2.68. The summed E-state index contributed by atoms with van der Waals surface area (Å²) in [6, 6.07) is 1.16. The lowest BCUT2D eigenvalue weighted by atomic mass is 10.3. The van der Waals surface area contributed by atoms with E-state index in [4.69, 9.17) is 14.6 Å². The van der Waals surface area contributed by atoms with E-state index in [1.807, 2.05) is 13.8 Å². The molecule has 0 spiro atoms. The van der Waals surface area contributed by atoms with Gasteiger partial charge in [0, 0.05) is 13.0 Å². The van der Waals surface area contributed by atoms with Crippen LogP contribution in [0, 0.1) is 5.82 Å². The van der Waals surface area contributed by atoms with Crippen molar-refractivity contribution >= 4 is 5.91 Å². The molecule has 1 amide bonds. The van der Waals surface area contributed by atoms with Gasteiger partial charge in [0.2, 0.25) is 0 Å². The maximum Gasteiger partial charge on any atom is 0.270 e. The Balaban J connectivity index is 0.00000326. The van der Waals surface area contributed by atoms with Gasteiger partial charge in [0.25, 0.3) is 11.8 Å². The van der Waals surface area contributed by atoms with E-state index in [2.05, 4.69) is 22.1 Å². The number of hydrogen-bond donors (Lipinski definition) is 2. The molecule has 0 aliphatic rings. The topological polar surface area (TPSA) is 93.6 Å². The predicted octanol–water partition coefficient (Wildman–Crippen LogP) is 2.55. The third kappa shape index (κ3) is 11.5. The van der Waals surface area contributed by atoms with Crippen molar-refractivity contribution in [3.63, 3.8) is 0 Å². The quantitative estimate of drug-likeness (QED) is 0.452. The molecule has 2 N–H and O–H groups in total. The van der Waals surface area contributed by atoms with Crippen molar-refractivity contribution in [3.8, 4) is 5.88 Å². The molecule has 1 aromatic rings. The maximum atomic E-state index is 13.4. The minimum absolute atomic E-state index is 0.0832. The fraction of sp³-hybridized carbons (Fsp3) is 0.421. The van der Waals surface area contributed by atoms with Crippen molar-refractivity contribution in [2.24, 2.45) is 0 Å². The Kier molecular flexibility index (Phi) is 13.9. The zero-order valence-corrected chi connectivity index (χ0v) is 16.0. The van der Waals surface area contributed by atoms with Gasteiger partial charge in [0.1, 0.15) is 5.76 Å². The van der Waals surface area contributed by atoms with Gasteiger partial charge in [0.15, 0.2) is 12.4 Å². The number of aliphatic hydroxyl groups excluding tert-OH is 1. The minimum atomic E-state index is -0.585. The highest BCUT2D eigenvalue weighted by atomic mass is 19.1. The van der Waals surface area contributed by atoms with Gasteiger partial charge in [-0.3, -0.25) is 4.79 Å². The molecule has 1 heterocycles. The Hall–Kier alpha value is -2.74. The monoisotopic (exact) mass is 381 g/mol. The van der Waals surface area contributed by atoms with Crippen molar-refractivity contribution in [3.05, 3.63) is 54.7 Å².